The summed E-state index contributed by atoms with van der Waals surface area (Å²) in [6, 6.07) is 14.8. The minimum atomic E-state index is 0.769. The lowest BCUT2D eigenvalue weighted by molar-refractivity contribution is 0.314. The van der Waals surface area contributed by atoms with Crippen LogP contribution in [-0.4, -0.2) is 21.6 Å². The third-order valence-corrected chi connectivity index (χ3v) is 5.50. The number of aromatic amines is 1. The molecule has 36 heavy (non-hydrogen) atoms. The van der Waals surface area contributed by atoms with Crippen molar-refractivity contribution in [1.29, 1.82) is 0 Å². The highest BCUT2D eigenvalue weighted by molar-refractivity contribution is 5.85. The van der Waals surface area contributed by atoms with Gasteiger partial charge in [-0.2, -0.15) is 0 Å². The standard InChI is InChI=1S/C20H24N2O.C9H11N.C3H6/c1-5-9-23-19-8-7-16(11-15(19)6-2)17-10-13(3)20-18(12-17)21-14(4)22-20;1-7(2)9-8(3)5-4-6-10-9;1-3-2/h7-8,10-12H,5-6,9H2,1-4H3,(H,21,22);4-6H,3H2,1-2H3;3H,1H2,2H3. The van der Waals surface area contributed by atoms with Gasteiger partial charge in [-0.15, -0.1) is 6.58 Å². The number of hydrogen-bond donors (Lipinski definition) is 1. The van der Waals surface area contributed by atoms with Crippen LogP contribution in [0.4, 0.5) is 0 Å². The molecule has 0 saturated carbocycles. The zero-order valence-electron chi connectivity index (χ0n) is 23.0. The van der Waals surface area contributed by atoms with Crippen molar-refractivity contribution in [3.05, 3.63) is 88.8 Å². The summed E-state index contributed by atoms with van der Waals surface area (Å²) in [6.07, 6.45) is 5.54. The first-order chi connectivity index (χ1) is 17.2. The van der Waals surface area contributed by atoms with Crippen molar-refractivity contribution in [2.45, 2.75) is 61.3 Å². The second-order valence-corrected chi connectivity index (χ2v) is 8.96. The minimum absolute atomic E-state index is 0.769. The maximum absolute atomic E-state index is 5.85. The second kappa shape index (κ2) is 14.0. The van der Waals surface area contributed by atoms with Crippen molar-refractivity contribution in [3.63, 3.8) is 0 Å². The van der Waals surface area contributed by atoms with Gasteiger partial charge in [-0.1, -0.05) is 44.2 Å². The lowest BCUT2D eigenvalue weighted by Gasteiger charge is -2.12. The molecule has 2 heterocycles. The third-order valence-electron chi connectivity index (χ3n) is 5.50. The Kier molecular flexibility index (Phi) is 11.1. The Hall–Kier alpha value is -3.66. The van der Waals surface area contributed by atoms with E-state index >= 15 is 0 Å². The second-order valence-electron chi connectivity index (χ2n) is 8.96. The summed E-state index contributed by atoms with van der Waals surface area (Å²) in [5.74, 6) is 1.96. The number of imidazole rings is 1. The highest BCUT2D eigenvalue weighted by Crippen LogP contribution is 2.30. The first-order valence-corrected chi connectivity index (χ1v) is 12.6. The zero-order valence-corrected chi connectivity index (χ0v) is 23.0. The van der Waals surface area contributed by atoms with Crippen LogP contribution in [0.5, 0.6) is 5.75 Å². The van der Waals surface area contributed by atoms with Gasteiger partial charge in [0, 0.05) is 6.20 Å². The predicted octanol–water partition coefficient (Wildman–Crippen LogP) is 7.07. The Morgan fingerprint density at radius 3 is 2.36 bits per heavy atom. The van der Waals surface area contributed by atoms with Crippen LogP contribution in [0.25, 0.3) is 34.3 Å². The van der Waals surface area contributed by atoms with Gasteiger partial charge in [0.05, 0.1) is 23.0 Å². The number of nitrogens with one attached hydrogen (secondary N) is 1. The molecule has 2 aromatic carbocycles. The van der Waals surface area contributed by atoms with Crippen LogP contribution in [0.15, 0.2) is 61.3 Å². The molecule has 4 nitrogen and oxygen atoms in total. The normalized spacial score (nSPS) is 10.1. The van der Waals surface area contributed by atoms with E-state index in [9.17, 15) is 0 Å². The summed E-state index contributed by atoms with van der Waals surface area (Å²) in [5.41, 5.74) is 8.27. The topological polar surface area (TPSA) is 50.8 Å². The van der Waals surface area contributed by atoms with E-state index in [4.69, 9.17) is 4.74 Å². The van der Waals surface area contributed by atoms with Gasteiger partial charge < -0.3 is 9.72 Å². The average Bonchev–Trinajstić information content (AvgIpc) is 3.24. The van der Waals surface area contributed by atoms with Gasteiger partial charge in [0.25, 0.3) is 0 Å². The van der Waals surface area contributed by atoms with Gasteiger partial charge in [-0.05, 0) is 105 Å². The van der Waals surface area contributed by atoms with Crippen molar-refractivity contribution in [1.82, 2.24) is 15.0 Å². The lowest BCUT2D eigenvalue weighted by Crippen LogP contribution is -2.27. The van der Waals surface area contributed by atoms with Gasteiger partial charge in [-0.25, -0.2) is 4.98 Å². The average molecular weight is 484 g/mol. The Bertz CT molecular complexity index is 1390. The predicted molar refractivity (Wildman–Crippen MR) is 156 cm³/mol. The molecule has 0 aliphatic heterocycles. The Balaban J connectivity index is 0.000000292. The van der Waals surface area contributed by atoms with E-state index in [1.807, 2.05) is 39.8 Å². The molecule has 0 radical (unpaired) electrons. The number of aryl methyl sites for hydroxylation is 3. The molecule has 0 aliphatic carbocycles. The van der Waals surface area contributed by atoms with Crippen molar-refractivity contribution in [3.8, 4) is 16.9 Å². The van der Waals surface area contributed by atoms with E-state index in [0.717, 1.165) is 52.6 Å². The van der Waals surface area contributed by atoms with E-state index < -0.39 is 0 Å². The van der Waals surface area contributed by atoms with Crippen LogP contribution in [0, 0.1) is 13.8 Å². The Morgan fingerprint density at radius 2 is 1.78 bits per heavy atom. The van der Waals surface area contributed by atoms with Gasteiger partial charge in [0.15, 0.2) is 0 Å². The molecule has 0 amide bonds. The highest BCUT2D eigenvalue weighted by atomic mass is 16.5. The molecule has 0 aliphatic rings. The molecule has 0 unspecified atom stereocenters. The number of aromatic nitrogens is 3. The summed E-state index contributed by atoms with van der Waals surface area (Å²) in [6.45, 7) is 22.4. The number of allylic oxidation sites excluding steroid dienone is 1. The molecule has 0 atom stereocenters. The van der Waals surface area contributed by atoms with Crippen LogP contribution in [0.1, 0.15) is 58.0 Å². The van der Waals surface area contributed by atoms with Gasteiger partial charge in [0.2, 0.25) is 0 Å². The van der Waals surface area contributed by atoms with E-state index in [0.29, 0.717) is 0 Å². The fourth-order valence-corrected chi connectivity index (χ4v) is 3.86. The lowest BCUT2D eigenvalue weighted by atomic mass is 9.99. The van der Waals surface area contributed by atoms with Crippen LogP contribution in [0.3, 0.4) is 0 Å². The number of ether oxygens (including phenoxy) is 1. The van der Waals surface area contributed by atoms with Crippen molar-refractivity contribution >= 4 is 23.2 Å². The fraction of sp³-hybridized carbons (Fsp3) is 0.312. The molecule has 2 aromatic heterocycles. The Labute approximate surface area is 216 Å². The largest absolute Gasteiger partial charge is 0.493 e. The number of pyridine rings is 1. The number of nitrogens with zero attached hydrogens (tertiary/aromatic N) is 2. The SMILES string of the molecule is C=CC.C=c1cccnc1=C(C)C.CCCOc1ccc(-c2cc(C)c3nc(C)[nH]c3c2)cc1CC. The molecule has 0 spiro atoms. The van der Waals surface area contributed by atoms with E-state index in [-0.39, 0.29) is 0 Å². The summed E-state index contributed by atoms with van der Waals surface area (Å²) in [7, 11) is 0. The number of rotatable bonds is 5. The van der Waals surface area contributed by atoms with E-state index in [1.165, 1.54) is 27.8 Å². The van der Waals surface area contributed by atoms with Crippen molar-refractivity contribution in [2.75, 3.05) is 6.61 Å². The number of hydrogen-bond acceptors (Lipinski definition) is 3. The first kappa shape index (κ1) is 28.6. The Morgan fingerprint density at radius 1 is 1.06 bits per heavy atom. The number of H-pyrrole nitrogens is 1. The quantitative estimate of drug-likeness (QED) is 0.309. The molecule has 190 valence electrons. The molecule has 1 N–H and O–H groups in total. The molecule has 4 rings (SSSR count). The zero-order chi connectivity index (χ0) is 26.7. The minimum Gasteiger partial charge on any atom is -0.493 e. The summed E-state index contributed by atoms with van der Waals surface area (Å²) in [4.78, 5) is 12.1. The third kappa shape index (κ3) is 7.67. The molecule has 4 heteroatoms. The van der Waals surface area contributed by atoms with Crippen molar-refractivity contribution < 1.29 is 4.74 Å². The van der Waals surface area contributed by atoms with Crippen molar-refractivity contribution in [2.24, 2.45) is 0 Å². The maximum Gasteiger partial charge on any atom is 0.122 e. The molecular weight excluding hydrogens is 442 g/mol. The molecule has 0 bridgehead atoms. The molecule has 4 aromatic rings. The van der Waals surface area contributed by atoms with Gasteiger partial charge in [-0.3, -0.25) is 4.98 Å². The summed E-state index contributed by atoms with van der Waals surface area (Å²) < 4.78 is 5.85. The highest BCUT2D eigenvalue weighted by Gasteiger charge is 2.09. The van der Waals surface area contributed by atoms with E-state index in [2.05, 4.69) is 79.2 Å². The van der Waals surface area contributed by atoms with E-state index in [1.54, 1.807) is 12.3 Å². The summed E-state index contributed by atoms with van der Waals surface area (Å²) in [5, 5.41) is 2.02. The van der Waals surface area contributed by atoms with Gasteiger partial charge in [0.1, 0.15) is 11.6 Å². The van der Waals surface area contributed by atoms with Crippen LogP contribution in [0.2, 0.25) is 0 Å². The van der Waals surface area contributed by atoms with Crippen LogP contribution in [-0.2, 0) is 6.42 Å². The molecular formula is C32H41N3O. The van der Waals surface area contributed by atoms with Crippen LogP contribution < -0.4 is 15.3 Å². The number of fused-ring (bicyclic) bond motifs is 1. The smallest absolute Gasteiger partial charge is 0.122 e. The first-order valence-electron chi connectivity index (χ1n) is 12.6. The molecule has 0 saturated heterocycles. The van der Waals surface area contributed by atoms with Crippen LogP contribution >= 0.6 is 0 Å². The number of benzene rings is 2. The fourth-order valence-electron chi connectivity index (χ4n) is 3.86. The summed E-state index contributed by atoms with van der Waals surface area (Å²) >= 11 is 0. The monoisotopic (exact) mass is 483 g/mol. The maximum atomic E-state index is 5.85. The van der Waals surface area contributed by atoms with Gasteiger partial charge >= 0.3 is 0 Å². The molecule has 0 fully saturated rings.